The van der Waals surface area contributed by atoms with E-state index >= 15 is 0 Å². The minimum Gasteiger partial charge on any atom is -0.508 e. The Hall–Kier alpha value is -2.83. The molecule has 0 radical (unpaired) electrons. The number of aliphatic carboxylic acids is 1. The molecule has 2 rings (SSSR count). The first kappa shape index (κ1) is 24.2. The van der Waals surface area contributed by atoms with Gasteiger partial charge in [-0.3, -0.25) is 9.59 Å². The van der Waals surface area contributed by atoms with E-state index in [2.05, 4.69) is 10.1 Å². The van der Waals surface area contributed by atoms with E-state index in [1.807, 2.05) is 13.8 Å². The maximum Gasteiger partial charge on any atom is 0.330 e. The van der Waals surface area contributed by atoms with Crippen molar-refractivity contribution in [3.05, 3.63) is 35.9 Å². The summed E-state index contributed by atoms with van der Waals surface area (Å²) in [5, 5.41) is 20.4. The molecule has 0 aliphatic heterocycles. The number of aromatic hydroxyl groups is 1. The fraction of sp³-hybridized carbons (Fsp3) is 0.450. The maximum absolute atomic E-state index is 10.7. The normalized spacial score (nSPS) is 18.2. The molecule has 3 N–H and O–H groups in total. The lowest BCUT2D eigenvalue weighted by molar-refractivity contribution is -0.143. The van der Waals surface area contributed by atoms with E-state index in [0.717, 1.165) is 24.8 Å². The third kappa shape index (κ3) is 10.7. The van der Waals surface area contributed by atoms with Crippen LogP contribution in [0.15, 0.2) is 30.3 Å². The fourth-order valence-electron chi connectivity index (χ4n) is 2.52. The van der Waals surface area contributed by atoms with Crippen molar-refractivity contribution in [2.24, 2.45) is 5.92 Å². The minimum absolute atomic E-state index is 0.0670. The molecule has 1 amide bonds. The number of esters is 1. The highest BCUT2D eigenvalue weighted by atomic mass is 16.5. The van der Waals surface area contributed by atoms with Gasteiger partial charge in [-0.1, -0.05) is 32.4 Å². The summed E-state index contributed by atoms with van der Waals surface area (Å²) in [7, 11) is 1.31. The van der Waals surface area contributed by atoms with Gasteiger partial charge in [0.25, 0.3) is 0 Å². The van der Waals surface area contributed by atoms with Gasteiger partial charge in [-0.25, -0.2) is 4.79 Å². The summed E-state index contributed by atoms with van der Waals surface area (Å²) in [5.41, 5.74) is 0.755. The first-order valence-electron chi connectivity index (χ1n) is 8.93. The number of ether oxygens (including phenoxy) is 1. The molecule has 2 unspecified atom stereocenters. The van der Waals surface area contributed by atoms with Crippen LogP contribution in [-0.2, 0) is 19.1 Å². The van der Waals surface area contributed by atoms with E-state index < -0.39 is 11.9 Å². The van der Waals surface area contributed by atoms with E-state index in [4.69, 9.17) is 10.2 Å². The Balaban J connectivity index is 0.000000460. The Bertz CT molecular complexity index is 614. The molecule has 27 heavy (non-hydrogen) atoms. The second kappa shape index (κ2) is 14.4. The first-order valence-corrected chi connectivity index (χ1v) is 8.93. The van der Waals surface area contributed by atoms with Crippen molar-refractivity contribution < 1.29 is 29.3 Å². The SMILES string of the molecule is CC.COC(=O)/C=C/c1cccc(O)c1.O=CNC1CCCC(C(=O)O)C1. The number of carboxylic acid groups (broad SMARTS) is 1. The predicted molar refractivity (Wildman–Crippen MR) is 103 cm³/mol. The number of amides is 1. The zero-order valence-electron chi connectivity index (χ0n) is 16.1. The summed E-state index contributed by atoms with van der Waals surface area (Å²) < 4.78 is 4.41. The maximum atomic E-state index is 10.7. The molecular weight excluding hydrogens is 350 g/mol. The van der Waals surface area contributed by atoms with Crippen molar-refractivity contribution >= 4 is 24.4 Å². The third-order valence-electron chi connectivity index (χ3n) is 3.81. The van der Waals surface area contributed by atoms with Crippen LogP contribution < -0.4 is 5.32 Å². The number of methoxy groups -OCH3 is 1. The van der Waals surface area contributed by atoms with Gasteiger partial charge in [0.05, 0.1) is 13.0 Å². The Morgan fingerprint density at radius 1 is 1.26 bits per heavy atom. The van der Waals surface area contributed by atoms with Crippen molar-refractivity contribution in [1.29, 1.82) is 0 Å². The Kier molecular flexibility index (Phi) is 12.8. The lowest BCUT2D eigenvalue weighted by atomic mass is 9.86. The average molecular weight is 379 g/mol. The topological polar surface area (TPSA) is 113 Å². The molecule has 0 aromatic heterocycles. The van der Waals surface area contributed by atoms with Crippen molar-refractivity contribution in [2.45, 2.75) is 45.6 Å². The number of rotatable bonds is 5. The summed E-state index contributed by atoms with van der Waals surface area (Å²) >= 11 is 0. The standard InChI is InChI=1S/C10H10O3.C8H13NO3.C2H6/c1-13-10(12)6-5-8-3-2-4-9(11)7-8;10-5-9-7-3-1-2-6(4-7)8(11)12;1-2/h2-7,11H,1H3;5-7H,1-4H2,(H,9,10)(H,11,12);1-2H3/b6-5+;;. The molecule has 7 nitrogen and oxygen atoms in total. The average Bonchev–Trinajstić information content (AvgIpc) is 2.68. The largest absolute Gasteiger partial charge is 0.508 e. The summed E-state index contributed by atoms with van der Waals surface area (Å²) in [4.78, 5) is 31.4. The van der Waals surface area contributed by atoms with Gasteiger partial charge in [0, 0.05) is 12.1 Å². The second-order valence-electron chi connectivity index (χ2n) is 5.63. The highest BCUT2D eigenvalue weighted by Gasteiger charge is 2.26. The molecule has 1 aliphatic carbocycles. The number of carbonyl (C=O) groups excluding carboxylic acids is 2. The predicted octanol–water partition coefficient (Wildman–Crippen LogP) is 2.98. The highest BCUT2D eigenvalue weighted by Crippen LogP contribution is 2.23. The molecule has 0 spiro atoms. The molecule has 0 bridgehead atoms. The number of hydrogen-bond acceptors (Lipinski definition) is 5. The Morgan fingerprint density at radius 3 is 2.52 bits per heavy atom. The van der Waals surface area contributed by atoms with Crippen LogP contribution in [0.4, 0.5) is 0 Å². The van der Waals surface area contributed by atoms with Crippen molar-refractivity contribution in [3.63, 3.8) is 0 Å². The van der Waals surface area contributed by atoms with E-state index in [-0.39, 0.29) is 17.7 Å². The van der Waals surface area contributed by atoms with Gasteiger partial charge >= 0.3 is 11.9 Å². The number of benzene rings is 1. The summed E-state index contributed by atoms with van der Waals surface area (Å²) in [5.74, 6) is -1.25. The van der Waals surface area contributed by atoms with E-state index in [1.165, 1.54) is 13.2 Å². The van der Waals surface area contributed by atoms with Gasteiger partial charge in [-0.05, 0) is 43.0 Å². The zero-order chi connectivity index (χ0) is 20.7. The molecule has 7 heteroatoms. The third-order valence-corrected chi connectivity index (χ3v) is 3.81. The van der Waals surface area contributed by atoms with Crippen LogP contribution in [0.3, 0.4) is 0 Å². The van der Waals surface area contributed by atoms with Crippen LogP contribution in [0.1, 0.15) is 45.1 Å². The van der Waals surface area contributed by atoms with E-state index in [9.17, 15) is 14.4 Å². The van der Waals surface area contributed by atoms with Gasteiger partial charge < -0.3 is 20.3 Å². The van der Waals surface area contributed by atoms with Crippen LogP contribution in [-0.4, -0.2) is 41.7 Å². The lowest BCUT2D eigenvalue weighted by Gasteiger charge is -2.25. The Morgan fingerprint density at radius 2 is 1.96 bits per heavy atom. The van der Waals surface area contributed by atoms with Crippen LogP contribution in [0, 0.1) is 5.92 Å². The van der Waals surface area contributed by atoms with Gasteiger partial charge in [0.2, 0.25) is 6.41 Å². The zero-order valence-corrected chi connectivity index (χ0v) is 16.1. The molecule has 1 aromatic carbocycles. The van der Waals surface area contributed by atoms with Crippen LogP contribution in [0.2, 0.25) is 0 Å². The summed E-state index contributed by atoms with van der Waals surface area (Å²) in [6, 6.07) is 6.66. The number of carbonyl (C=O) groups is 3. The molecule has 150 valence electrons. The Labute approximate surface area is 160 Å². The second-order valence-corrected chi connectivity index (χ2v) is 5.63. The highest BCUT2D eigenvalue weighted by molar-refractivity contribution is 5.86. The quantitative estimate of drug-likeness (QED) is 0.412. The van der Waals surface area contributed by atoms with Crippen LogP contribution >= 0.6 is 0 Å². The monoisotopic (exact) mass is 379 g/mol. The first-order chi connectivity index (χ1) is 13.0. The summed E-state index contributed by atoms with van der Waals surface area (Å²) in [6.07, 6.45) is 6.64. The number of phenolic OH excluding ortho intramolecular Hbond substituents is 1. The molecule has 1 aromatic rings. The van der Waals surface area contributed by atoms with Crippen molar-refractivity contribution in [2.75, 3.05) is 7.11 Å². The number of carboxylic acids is 1. The molecule has 1 saturated carbocycles. The van der Waals surface area contributed by atoms with Crippen LogP contribution in [0.5, 0.6) is 5.75 Å². The van der Waals surface area contributed by atoms with Gasteiger partial charge in [-0.15, -0.1) is 0 Å². The minimum atomic E-state index is -0.743. The molecule has 0 heterocycles. The number of nitrogens with one attached hydrogen (secondary N) is 1. The molecular formula is C20H29NO6. The molecule has 1 aliphatic rings. The van der Waals surface area contributed by atoms with Crippen LogP contribution in [0.25, 0.3) is 6.08 Å². The van der Waals surface area contributed by atoms with Gasteiger partial charge in [0.15, 0.2) is 0 Å². The molecule has 1 fully saturated rings. The smallest absolute Gasteiger partial charge is 0.330 e. The molecule has 2 atom stereocenters. The fourth-order valence-corrected chi connectivity index (χ4v) is 2.52. The van der Waals surface area contributed by atoms with Gasteiger partial charge in [-0.2, -0.15) is 0 Å². The van der Waals surface area contributed by atoms with E-state index in [0.29, 0.717) is 12.8 Å². The number of hydrogen-bond donors (Lipinski definition) is 3. The van der Waals surface area contributed by atoms with E-state index in [1.54, 1.807) is 30.3 Å². The number of phenols is 1. The summed E-state index contributed by atoms with van der Waals surface area (Å²) in [6.45, 7) is 4.00. The lowest BCUT2D eigenvalue weighted by Crippen LogP contribution is -2.35. The molecule has 0 saturated heterocycles. The van der Waals surface area contributed by atoms with Gasteiger partial charge in [0.1, 0.15) is 5.75 Å². The van der Waals surface area contributed by atoms with Crippen molar-refractivity contribution in [3.8, 4) is 5.75 Å². The van der Waals surface area contributed by atoms with Crippen molar-refractivity contribution in [1.82, 2.24) is 5.32 Å².